The second-order valence-electron chi connectivity index (χ2n) is 13.2. The highest BCUT2D eigenvalue weighted by atomic mass is 16.5. The zero-order valence-corrected chi connectivity index (χ0v) is 27.6. The molecule has 2 aromatic carbocycles. The average molecular weight is 623 g/mol. The smallest absolute Gasteiger partial charge is 0.172 e. The SMILES string of the molecule is COc1ccc(CN2c3nc(C4CC(N[C@H](C)c5ccc(OC)cc5)C5(CCNCC5)C4)c(C)nc3C(C)N2c2cn[nH]c2)cc1. The number of aromatic amines is 1. The Kier molecular flexibility index (Phi) is 8.33. The van der Waals surface area contributed by atoms with E-state index >= 15 is 0 Å². The highest BCUT2D eigenvalue weighted by Gasteiger charge is 2.49. The van der Waals surface area contributed by atoms with Gasteiger partial charge in [-0.3, -0.25) is 20.1 Å². The van der Waals surface area contributed by atoms with Gasteiger partial charge in [0.2, 0.25) is 0 Å². The standard InChI is InChI=1S/C36H46N8O2/c1-23(27-8-12-31(46-5)13-9-27)40-32-18-28(19-36(32)14-16-37-17-15-36)33-24(2)41-34-25(3)44(29-20-38-39-21-29)43(35(34)42-33)22-26-6-10-30(45-4)11-7-26/h6-13,20-21,23,25,28,32,37,40H,14-19,22H2,1-5H3,(H,38,39)/t23-,25?,28?,32?/m1/s1. The first-order chi connectivity index (χ1) is 22.4. The number of nitrogens with zero attached hydrogens (tertiary/aromatic N) is 5. The van der Waals surface area contributed by atoms with Gasteiger partial charge in [-0.1, -0.05) is 24.3 Å². The van der Waals surface area contributed by atoms with Crippen LogP contribution in [0.3, 0.4) is 0 Å². The molecule has 2 aliphatic heterocycles. The molecule has 10 heteroatoms. The number of anilines is 2. The zero-order valence-electron chi connectivity index (χ0n) is 27.6. The number of nitrogens with one attached hydrogen (secondary N) is 3. The van der Waals surface area contributed by atoms with Crippen LogP contribution in [-0.2, 0) is 6.54 Å². The molecular formula is C36H46N8O2. The molecule has 1 aliphatic carbocycles. The lowest BCUT2D eigenvalue weighted by Gasteiger charge is -2.41. The molecule has 2 aromatic heterocycles. The number of piperidine rings is 1. The van der Waals surface area contributed by atoms with Gasteiger partial charge in [0.1, 0.15) is 17.2 Å². The summed E-state index contributed by atoms with van der Waals surface area (Å²) < 4.78 is 10.8. The molecule has 3 unspecified atom stereocenters. The zero-order chi connectivity index (χ0) is 31.8. The molecule has 242 valence electrons. The Labute approximate surface area is 271 Å². The lowest BCUT2D eigenvalue weighted by Crippen LogP contribution is -2.48. The molecule has 3 N–H and O–H groups in total. The average Bonchev–Trinajstić information content (AvgIpc) is 3.79. The van der Waals surface area contributed by atoms with Crippen LogP contribution in [0, 0.1) is 12.3 Å². The topological polar surface area (TPSA) is 103 Å². The Morgan fingerprint density at radius 3 is 2.33 bits per heavy atom. The quantitative estimate of drug-likeness (QED) is 0.208. The van der Waals surface area contributed by atoms with Crippen molar-refractivity contribution in [1.29, 1.82) is 0 Å². The van der Waals surface area contributed by atoms with Crippen molar-refractivity contribution in [3.63, 3.8) is 0 Å². The number of aromatic nitrogens is 4. The lowest BCUT2D eigenvalue weighted by molar-refractivity contribution is 0.151. The van der Waals surface area contributed by atoms with E-state index in [1.165, 1.54) is 24.0 Å². The van der Waals surface area contributed by atoms with Crippen molar-refractivity contribution in [1.82, 2.24) is 30.8 Å². The van der Waals surface area contributed by atoms with Crippen molar-refractivity contribution in [3.8, 4) is 11.5 Å². The van der Waals surface area contributed by atoms with E-state index in [-0.39, 0.29) is 17.5 Å². The van der Waals surface area contributed by atoms with Crippen LogP contribution in [-0.4, -0.2) is 53.5 Å². The van der Waals surface area contributed by atoms with Crippen LogP contribution >= 0.6 is 0 Å². The third kappa shape index (κ3) is 5.58. The van der Waals surface area contributed by atoms with E-state index in [0.717, 1.165) is 66.0 Å². The fourth-order valence-electron chi connectivity index (χ4n) is 8.08. The fourth-order valence-corrected chi connectivity index (χ4v) is 8.08. The first-order valence-electron chi connectivity index (χ1n) is 16.6. The number of benzene rings is 2. The maximum atomic E-state index is 5.53. The van der Waals surface area contributed by atoms with Crippen LogP contribution in [0.2, 0.25) is 0 Å². The normalized spacial score (nSPS) is 22.7. The predicted octanol–water partition coefficient (Wildman–Crippen LogP) is 5.99. The first-order valence-corrected chi connectivity index (χ1v) is 16.6. The number of hydrazine groups is 1. The van der Waals surface area contributed by atoms with E-state index in [0.29, 0.717) is 18.5 Å². The van der Waals surface area contributed by atoms with Crippen LogP contribution in [0.25, 0.3) is 0 Å². The summed E-state index contributed by atoms with van der Waals surface area (Å²) in [6.45, 7) is 9.42. The molecule has 4 heterocycles. The molecule has 4 atom stereocenters. The van der Waals surface area contributed by atoms with Crippen LogP contribution in [0.1, 0.15) is 85.7 Å². The second-order valence-corrected chi connectivity index (χ2v) is 13.2. The summed E-state index contributed by atoms with van der Waals surface area (Å²) in [5.74, 6) is 3.00. The van der Waals surface area contributed by atoms with E-state index in [4.69, 9.17) is 19.4 Å². The molecule has 0 radical (unpaired) electrons. The minimum Gasteiger partial charge on any atom is -0.497 e. The molecular weight excluding hydrogens is 576 g/mol. The Morgan fingerprint density at radius 1 is 0.978 bits per heavy atom. The number of fused-ring (bicyclic) bond motifs is 1. The second kappa shape index (κ2) is 12.6. The summed E-state index contributed by atoms with van der Waals surface area (Å²) >= 11 is 0. The van der Waals surface area contributed by atoms with Crippen LogP contribution < -0.4 is 30.1 Å². The summed E-state index contributed by atoms with van der Waals surface area (Å²) in [6, 6.07) is 17.4. The van der Waals surface area contributed by atoms with Crippen molar-refractivity contribution in [2.24, 2.45) is 5.41 Å². The number of aryl methyl sites for hydroxylation is 1. The lowest BCUT2D eigenvalue weighted by atomic mass is 9.73. The minimum atomic E-state index is 0.0187. The molecule has 1 saturated heterocycles. The van der Waals surface area contributed by atoms with Crippen molar-refractivity contribution in [2.45, 2.75) is 77.0 Å². The van der Waals surface area contributed by atoms with Gasteiger partial charge < -0.3 is 20.1 Å². The molecule has 7 rings (SSSR count). The van der Waals surface area contributed by atoms with Gasteiger partial charge in [0, 0.05) is 24.2 Å². The maximum absolute atomic E-state index is 5.53. The predicted molar refractivity (Wildman–Crippen MR) is 180 cm³/mol. The summed E-state index contributed by atoms with van der Waals surface area (Å²) in [5, 5.41) is 19.5. The largest absolute Gasteiger partial charge is 0.497 e. The summed E-state index contributed by atoms with van der Waals surface area (Å²) in [7, 11) is 3.42. The van der Waals surface area contributed by atoms with Crippen molar-refractivity contribution in [3.05, 3.63) is 89.1 Å². The van der Waals surface area contributed by atoms with Crippen molar-refractivity contribution in [2.75, 3.05) is 37.3 Å². The number of ether oxygens (including phenoxy) is 2. The van der Waals surface area contributed by atoms with Crippen molar-refractivity contribution < 1.29 is 9.47 Å². The fraction of sp³-hybridized carbons (Fsp3) is 0.472. The van der Waals surface area contributed by atoms with Gasteiger partial charge in [-0.2, -0.15) is 5.10 Å². The van der Waals surface area contributed by atoms with E-state index < -0.39 is 0 Å². The van der Waals surface area contributed by atoms with E-state index in [1.54, 1.807) is 14.2 Å². The van der Waals surface area contributed by atoms with Crippen LogP contribution in [0.5, 0.6) is 11.5 Å². The van der Waals surface area contributed by atoms with Crippen LogP contribution in [0.4, 0.5) is 11.5 Å². The first kappa shape index (κ1) is 30.5. The highest BCUT2D eigenvalue weighted by Crippen LogP contribution is 2.53. The number of rotatable bonds is 9. The van der Waals surface area contributed by atoms with E-state index in [2.05, 4.69) is 88.0 Å². The van der Waals surface area contributed by atoms with Crippen LogP contribution in [0.15, 0.2) is 60.9 Å². The third-order valence-electron chi connectivity index (χ3n) is 10.6. The summed E-state index contributed by atoms with van der Waals surface area (Å²) in [5.41, 5.74) is 6.86. The van der Waals surface area contributed by atoms with Gasteiger partial charge in [0.15, 0.2) is 5.82 Å². The molecule has 4 aromatic rings. The Hall–Kier alpha value is -4.15. The molecule has 1 saturated carbocycles. The summed E-state index contributed by atoms with van der Waals surface area (Å²) in [4.78, 5) is 10.8. The maximum Gasteiger partial charge on any atom is 0.172 e. The van der Waals surface area contributed by atoms with Gasteiger partial charge in [0.05, 0.1) is 50.1 Å². The number of hydrogen-bond donors (Lipinski definition) is 3. The number of hydrogen-bond acceptors (Lipinski definition) is 9. The molecule has 10 nitrogen and oxygen atoms in total. The van der Waals surface area contributed by atoms with E-state index in [1.807, 2.05) is 24.5 Å². The van der Waals surface area contributed by atoms with Gasteiger partial charge in [-0.25, -0.2) is 4.98 Å². The minimum absolute atomic E-state index is 0.0187. The Balaban J connectivity index is 1.21. The van der Waals surface area contributed by atoms with Gasteiger partial charge >= 0.3 is 0 Å². The third-order valence-corrected chi connectivity index (χ3v) is 10.6. The number of methoxy groups -OCH3 is 2. The summed E-state index contributed by atoms with van der Waals surface area (Å²) in [6.07, 6.45) is 8.32. The van der Waals surface area contributed by atoms with Gasteiger partial charge in [0.25, 0.3) is 0 Å². The number of H-pyrrole nitrogens is 1. The Bertz CT molecular complexity index is 1620. The Morgan fingerprint density at radius 2 is 1.67 bits per heavy atom. The molecule has 0 bridgehead atoms. The van der Waals surface area contributed by atoms with Gasteiger partial charge in [-0.05, 0) is 100 Å². The monoisotopic (exact) mass is 622 g/mol. The molecule has 46 heavy (non-hydrogen) atoms. The van der Waals surface area contributed by atoms with Gasteiger partial charge in [-0.15, -0.1) is 0 Å². The molecule has 2 fully saturated rings. The van der Waals surface area contributed by atoms with E-state index in [9.17, 15) is 0 Å². The van der Waals surface area contributed by atoms with Crippen molar-refractivity contribution >= 4 is 11.5 Å². The molecule has 3 aliphatic rings. The molecule has 0 amide bonds. The highest BCUT2D eigenvalue weighted by molar-refractivity contribution is 5.64. The molecule has 1 spiro atoms.